The van der Waals surface area contributed by atoms with Gasteiger partial charge in [0, 0.05) is 23.3 Å². The molecule has 0 fully saturated rings. The van der Waals surface area contributed by atoms with Crippen LogP contribution in [0, 0.1) is 5.95 Å². The number of hydrogen-bond donors (Lipinski definition) is 1. The van der Waals surface area contributed by atoms with Crippen molar-refractivity contribution in [3.63, 3.8) is 0 Å². The van der Waals surface area contributed by atoms with Crippen molar-refractivity contribution in [1.29, 1.82) is 0 Å². The van der Waals surface area contributed by atoms with Gasteiger partial charge in [-0.1, -0.05) is 0 Å². The highest BCUT2D eigenvalue weighted by Gasteiger charge is 2.10. The number of hydrogen-bond acceptors (Lipinski definition) is 3. The molecule has 0 radical (unpaired) electrons. The molecule has 1 N–H and O–H groups in total. The Morgan fingerprint density at radius 3 is 2.82 bits per heavy atom. The summed E-state index contributed by atoms with van der Waals surface area (Å²) in [4.78, 5) is 14.7. The number of pyridine rings is 1. The maximum atomic E-state index is 12.8. The molecule has 0 amide bonds. The summed E-state index contributed by atoms with van der Waals surface area (Å²) in [5.74, 6) is -0.529. The molecular weight excluding hydrogens is 243 g/mol. The number of fused-ring (bicyclic) bond motifs is 1. The van der Waals surface area contributed by atoms with E-state index in [9.17, 15) is 4.39 Å². The van der Waals surface area contributed by atoms with Crippen LogP contribution in [0.5, 0.6) is 0 Å². The Kier molecular flexibility index (Phi) is 2.26. The first-order valence-electron chi connectivity index (χ1n) is 4.86. The molecule has 0 aliphatic carbocycles. The Hall–Kier alpha value is -2.01. The van der Waals surface area contributed by atoms with E-state index >= 15 is 0 Å². The van der Waals surface area contributed by atoms with Gasteiger partial charge >= 0.3 is 0 Å². The predicted molar refractivity (Wildman–Crippen MR) is 62.1 cm³/mol. The van der Waals surface area contributed by atoms with Crippen LogP contribution < -0.4 is 0 Å². The fourth-order valence-electron chi connectivity index (χ4n) is 1.65. The van der Waals surface area contributed by atoms with Gasteiger partial charge in [-0.05, 0) is 29.8 Å². The summed E-state index contributed by atoms with van der Waals surface area (Å²) in [5, 5.41) is 0.960. The SMILES string of the molecule is Fc1ccc(-c2nc(Cl)nc3[nH]ccc23)cn1. The molecule has 3 aromatic rings. The molecule has 0 bridgehead atoms. The molecule has 17 heavy (non-hydrogen) atoms. The molecule has 0 unspecified atom stereocenters. The van der Waals surface area contributed by atoms with Crippen LogP contribution in [0.2, 0.25) is 5.28 Å². The van der Waals surface area contributed by atoms with Crippen molar-refractivity contribution in [2.45, 2.75) is 0 Å². The van der Waals surface area contributed by atoms with Gasteiger partial charge in [0.15, 0.2) is 0 Å². The van der Waals surface area contributed by atoms with E-state index in [1.165, 1.54) is 12.3 Å². The van der Waals surface area contributed by atoms with Crippen LogP contribution in [0.15, 0.2) is 30.6 Å². The van der Waals surface area contributed by atoms with Crippen molar-refractivity contribution in [2.75, 3.05) is 0 Å². The third-order valence-corrected chi connectivity index (χ3v) is 2.56. The first kappa shape index (κ1) is 10.2. The second-order valence-corrected chi connectivity index (χ2v) is 3.79. The number of halogens is 2. The topological polar surface area (TPSA) is 54.5 Å². The van der Waals surface area contributed by atoms with Gasteiger partial charge in [-0.3, -0.25) is 0 Å². The number of aromatic amines is 1. The van der Waals surface area contributed by atoms with Gasteiger partial charge in [-0.15, -0.1) is 0 Å². The minimum Gasteiger partial charge on any atom is -0.346 e. The first-order chi connectivity index (χ1) is 8.24. The number of aromatic nitrogens is 4. The molecule has 3 heterocycles. The Morgan fingerprint density at radius 2 is 2.06 bits per heavy atom. The minimum atomic E-state index is -0.529. The lowest BCUT2D eigenvalue weighted by atomic mass is 10.1. The number of nitrogens with zero attached hydrogens (tertiary/aromatic N) is 3. The van der Waals surface area contributed by atoms with Crippen LogP contribution in [0.4, 0.5) is 4.39 Å². The average Bonchev–Trinajstić information content (AvgIpc) is 2.77. The highest BCUT2D eigenvalue weighted by molar-refractivity contribution is 6.28. The normalized spacial score (nSPS) is 10.9. The Morgan fingerprint density at radius 1 is 1.18 bits per heavy atom. The average molecular weight is 249 g/mol. The van der Waals surface area contributed by atoms with E-state index < -0.39 is 5.95 Å². The molecule has 0 aliphatic rings. The zero-order valence-electron chi connectivity index (χ0n) is 8.48. The second kappa shape index (κ2) is 3.78. The van der Waals surface area contributed by atoms with Crippen molar-refractivity contribution in [1.82, 2.24) is 19.9 Å². The summed E-state index contributed by atoms with van der Waals surface area (Å²) in [7, 11) is 0. The summed E-state index contributed by atoms with van der Waals surface area (Å²) in [6, 6.07) is 4.72. The molecule has 0 spiro atoms. The summed E-state index contributed by atoms with van der Waals surface area (Å²) >= 11 is 5.83. The van der Waals surface area contributed by atoms with E-state index in [2.05, 4.69) is 19.9 Å². The Bertz CT molecular complexity index is 678. The zero-order chi connectivity index (χ0) is 11.8. The summed E-state index contributed by atoms with van der Waals surface area (Å²) < 4.78 is 12.8. The first-order valence-corrected chi connectivity index (χ1v) is 5.24. The monoisotopic (exact) mass is 248 g/mol. The van der Waals surface area contributed by atoms with Gasteiger partial charge in [-0.25, -0.2) is 9.97 Å². The Labute approximate surface area is 101 Å². The van der Waals surface area contributed by atoms with E-state index in [0.29, 0.717) is 16.9 Å². The quantitative estimate of drug-likeness (QED) is 0.532. The van der Waals surface area contributed by atoms with Crippen molar-refractivity contribution < 1.29 is 4.39 Å². The fourth-order valence-corrected chi connectivity index (χ4v) is 1.82. The number of H-pyrrole nitrogens is 1. The van der Waals surface area contributed by atoms with Gasteiger partial charge in [0.1, 0.15) is 5.65 Å². The third-order valence-electron chi connectivity index (χ3n) is 2.39. The van der Waals surface area contributed by atoms with Crippen LogP contribution in [0.1, 0.15) is 0 Å². The van der Waals surface area contributed by atoms with E-state index in [4.69, 9.17) is 11.6 Å². The molecule has 84 valence electrons. The zero-order valence-corrected chi connectivity index (χ0v) is 9.24. The van der Waals surface area contributed by atoms with Crippen molar-refractivity contribution in [3.05, 3.63) is 41.8 Å². The molecule has 0 atom stereocenters. The molecule has 0 aromatic carbocycles. The molecule has 6 heteroatoms. The van der Waals surface area contributed by atoms with Crippen LogP contribution in [-0.4, -0.2) is 19.9 Å². The lowest BCUT2D eigenvalue weighted by molar-refractivity contribution is 0.584. The largest absolute Gasteiger partial charge is 0.346 e. The minimum absolute atomic E-state index is 0.138. The molecular formula is C11H6ClFN4. The standard InChI is InChI=1S/C11H6ClFN4/c12-11-16-9(6-1-2-8(13)15-5-6)7-3-4-14-10(7)17-11/h1-5H,(H,14,16,17). The van der Waals surface area contributed by atoms with Gasteiger partial charge in [0.2, 0.25) is 11.2 Å². The van der Waals surface area contributed by atoms with Crippen molar-refractivity contribution >= 4 is 22.6 Å². The lowest BCUT2D eigenvalue weighted by Gasteiger charge is -2.02. The van der Waals surface area contributed by atoms with Gasteiger partial charge in [-0.2, -0.15) is 9.37 Å². The van der Waals surface area contributed by atoms with Gasteiger partial charge < -0.3 is 4.98 Å². The lowest BCUT2D eigenvalue weighted by Crippen LogP contribution is -1.91. The number of rotatable bonds is 1. The maximum Gasteiger partial charge on any atom is 0.224 e. The molecule has 3 rings (SSSR count). The number of nitrogens with one attached hydrogen (secondary N) is 1. The smallest absolute Gasteiger partial charge is 0.224 e. The highest BCUT2D eigenvalue weighted by Crippen LogP contribution is 2.26. The van der Waals surface area contributed by atoms with Gasteiger partial charge in [0.05, 0.1) is 5.69 Å². The van der Waals surface area contributed by atoms with Gasteiger partial charge in [0.25, 0.3) is 0 Å². The molecule has 0 saturated carbocycles. The second-order valence-electron chi connectivity index (χ2n) is 3.45. The van der Waals surface area contributed by atoms with E-state index in [1.54, 1.807) is 12.3 Å². The van der Waals surface area contributed by atoms with Crippen LogP contribution in [0.3, 0.4) is 0 Å². The fraction of sp³-hybridized carbons (Fsp3) is 0. The van der Waals surface area contributed by atoms with Crippen molar-refractivity contribution in [3.8, 4) is 11.3 Å². The van der Waals surface area contributed by atoms with E-state index in [1.807, 2.05) is 6.07 Å². The maximum absolute atomic E-state index is 12.8. The highest BCUT2D eigenvalue weighted by atomic mass is 35.5. The van der Waals surface area contributed by atoms with Crippen LogP contribution >= 0.6 is 11.6 Å². The molecule has 0 saturated heterocycles. The molecule has 0 aliphatic heterocycles. The predicted octanol–water partition coefficient (Wildman–Crippen LogP) is 2.81. The summed E-state index contributed by atoms with van der Waals surface area (Å²) in [5.41, 5.74) is 1.97. The molecule has 3 aromatic heterocycles. The van der Waals surface area contributed by atoms with Crippen molar-refractivity contribution in [2.24, 2.45) is 0 Å². The third kappa shape index (κ3) is 1.74. The van der Waals surface area contributed by atoms with E-state index in [-0.39, 0.29) is 5.28 Å². The van der Waals surface area contributed by atoms with Crippen LogP contribution in [0.25, 0.3) is 22.3 Å². The summed E-state index contributed by atoms with van der Waals surface area (Å²) in [6.07, 6.45) is 3.16. The Balaban J connectivity index is 2.28. The van der Waals surface area contributed by atoms with Crippen LogP contribution in [-0.2, 0) is 0 Å². The molecule has 4 nitrogen and oxygen atoms in total. The summed E-state index contributed by atoms with van der Waals surface area (Å²) in [6.45, 7) is 0. The van der Waals surface area contributed by atoms with E-state index in [0.717, 1.165) is 5.39 Å².